The maximum atomic E-state index is 12.0. The SMILES string of the molecule is CCCCNC1(C)CCN(C(=O)OC(C)(C)C)CC1. The van der Waals surface area contributed by atoms with Crippen LogP contribution in [-0.2, 0) is 4.74 Å². The molecular weight excluding hydrogens is 240 g/mol. The van der Waals surface area contributed by atoms with Crippen LogP contribution in [0.2, 0.25) is 0 Å². The fraction of sp³-hybridized carbons (Fsp3) is 0.933. The van der Waals surface area contributed by atoms with E-state index < -0.39 is 5.60 Å². The number of ether oxygens (including phenoxy) is 1. The summed E-state index contributed by atoms with van der Waals surface area (Å²) in [6.45, 7) is 12.8. The minimum atomic E-state index is -0.406. The van der Waals surface area contributed by atoms with Crippen molar-refractivity contribution < 1.29 is 9.53 Å². The molecule has 0 bridgehead atoms. The van der Waals surface area contributed by atoms with Crippen molar-refractivity contribution in [2.75, 3.05) is 19.6 Å². The number of likely N-dealkylation sites (tertiary alicyclic amines) is 1. The third-order valence-electron chi connectivity index (χ3n) is 3.60. The van der Waals surface area contributed by atoms with E-state index in [9.17, 15) is 4.79 Å². The van der Waals surface area contributed by atoms with E-state index in [0.717, 1.165) is 32.5 Å². The monoisotopic (exact) mass is 270 g/mol. The van der Waals surface area contributed by atoms with Crippen LogP contribution in [0.25, 0.3) is 0 Å². The van der Waals surface area contributed by atoms with Crippen molar-refractivity contribution >= 4 is 6.09 Å². The number of hydrogen-bond acceptors (Lipinski definition) is 3. The summed E-state index contributed by atoms with van der Waals surface area (Å²) >= 11 is 0. The maximum Gasteiger partial charge on any atom is 0.410 e. The summed E-state index contributed by atoms with van der Waals surface area (Å²) in [6.07, 6.45) is 4.24. The summed E-state index contributed by atoms with van der Waals surface area (Å²) in [4.78, 5) is 13.8. The Morgan fingerprint density at radius 3 is 2.37 bits per heavy atom. The predicted molar refractivity (Wildman–Crippen MR) is 78.4 cm³/mol. The van der Waals surface area contributed by atoms with Crippen LogP contribution >= 0.6 is 0 Å². The molecule has 0 aromatic heterocycles. The lowest BCUT2D eigenvalue weighted by molar-refractivity contribution is 0.0158. The minimum Gasteiger partial charge on any atom is -0.444 e. The zero-order valence-corrected chi connectivity index (χ0v) is 13.2. The van der Waals surface area contributed by atoms with Gasteiger partial charge in [0.2, 0.25) is 0 Å². The van der Waals surface area contributed by atoms with Gasteiger partial charge in [-0.2, -0.15) is 0 Å². The molecule has 0 radical (unpaired) electrons. The Morgan fingerprint density at radius 2 is 1.89 bits per heavy atom. The second-order valence-corrected chi connectivity index (χ2v) is 6.81. The highest BCUT2D eigenvalue weighted by molar-refractivity contribution is 5.68. The molecule has 1 fully saturated rings. The summed E-state index contributed by atoms with van der Waals surface area (Å²) in [5, 5.41) is 3.63. The lowest BCUT2D eigenvalue weighted by Crippen LogP contribution is -2.53. The Labute approximate surface area is 117 Å². The average Bonchev–Trinajstić information content (AvgIpc) is 2.27. The molecule has 1 N–H and O–H groups in total. The van der Waals surface area contributed by atoms with Gasteiger partial charge in [0.05, 0.1) is 0 Å². The van der Waals surface area contributed by atoms with Crippen LogP contribution < -0.4 is 5.32 Å². The van der Waals surface area contributed by atoms with Crippen molar-refractivity contribution in [3.63, 3.8) is 0 Å². The highest BCUT2D eigenvalue weighted by Gasteiger charge is 2.32. The molecule has 1 amide bonds. The van der Waals surface area contributed by atoms with Crippen LogP contribution in [0.15, 0.2) is 0 Å². The highest BCUT2D eigenvalue weighted by atomic mass is 16.6. The first-order valence-electron chi connectivity index (χ1n) is 7.49. The van der Waals surface area contributed by atoms with E-state index in [1.807, 2.05) is 25.7 Å². The van der Waals surface area contributed by atoms with Crippen LogP contribution in [0.4, 0.5) is 4.79 Å². The number of amides is 1. The minimum absolute atomic E-state index is 0.174. The molecule has 112 valence electrons. The molecule has 0 aromatic rings. The summed E-state index contributed by atoms with van der Waals surface area (Å²) in [5.41, 5.74) is -0.231. The second kappa shape index (κ2) is 6.60. The van der Waals surface area contributed by atoms with Crippen molar-refractivity contribution in [3.05, 3.63) is 0 Å². The zero-order valence-electron chi connectivity index (χ0n) is 13.2. The molecule has 4 heteroatoms. The number of carbonyl (C=O) groups is 1. The first kappa shape index (κ1) is 16.3. The largest absolute Gasteiger partial charge is 0.444 e. The van der Waals surface area contributed by atoms with Gasteiger partial charge in [-0.25, -0.2) is 4.79 Å². The summed E-state index contributed by atoms with van der Waals surface area (Å²) in [6, 6.07) is 0. The maximum absolute atomic E-state index is 12.0. The lowest BCUT2D eigenvalue weighted by Gasteiger charge is -2.40. The predicted octanol–water partition coefficient (Wildman–Crippen LogP) is 3.17. The molecule has 0 unspecified atom stereocenters. The van der Waals surface area contributed by atoms with Gasteiger partial charge in [0.1, 0.15) is 5.60 Å². The van der Waals surface area contributed by atoms with Crippen LogP contribution in [0.5, 0.6) is 0 Å². The van der Waals surface area contributed by atoms with Gasteiger partial charge in [0.25, 0.3) is 0 Å². The number of nitrogens with zero attached hydrogens (tertiary/aromatic N) is 1. The van der Waals surface area contributed by atoms with Crippen molar-refractivity contribution in [2.24, 2.45) is 0 Å². The quantitative estimate of drug-likeness (QED) is 0.798. The Balaban J connectivity index is 2.37. The third-order valence-corrected chi connectivity index (χ3v) is 3.60. The van der Waals surface area contributed by atoms with E-state index in [0.29, 0.717) is 0 Å². The topological polar surface area (TPSA) is 41.6 Å². The van der Waals surface area contributed by atoms with Crippen molar-refractivity contribution in [2.45, 2.75) is 71.4 Å². The molecule has 1 aliphatic heterocycles. The molecule has 0 aliphatic carbocycles. The number of rotatable bonds is 4. The van der Waals surface area contributed by atoms with Crippen LogP contribution in [-0.4, -0.2) is 41.8 Å². The van der Waals surface area contributed by atoms with Crippen molar-refractivity contribution in [1.82, 2.24) is 10.2 Å². The van der Waals surface area contributed by atoms with E-state index in [1.54, 1.807) is 0 Å². The Kier molecular flexibility index (Phi) is 5.65. The Bertz CT molecular complexity index is 289. The van der Waals surface area contributed by atoms with E-state index in [-0.39, 0.29) is 11.6 Å². The Hall–Kier alpha value is -0.770. The molecule has 0 spiro atoms. The molecule has 0 aromatic carbocycles. The van der Waals surface area contributed by atoms with Crippen molar-refractivity contribution in [1.29, 1.82) is 0 Å². The molecule has 1 saturated heterocycles. The van der Waals surface area contributed by atoms with Gasteiger partial charge in [-0.05, 0) is 53.5 Å². The molecule has 1 heterocycles. The van der Waals surface area contributed by atoms with Gasteiger partial charge in [0, 0.05) is 18.6 Å². The lowest BCUT2D eigenvalue weighted by atomic mass is 9.89. The smallest absolute Gasteiger partial charge is 0.410 e. The number of piperidine rings is 1. The number of unbranched alkanes of at least 4 members (excludes halogenated alkanes) is 1. The van der Waals surface area contributed by atoms with Gasteiger partial charge >= 0.3 is 6.09 Å². The average molecular weight is 270 g/mol. The Morgan fingerprint density at radius 1 is 1.32 bits per heavy atom. The molecule has 1 aliphatic rings. The fourth-order valence-corrected chi connectivity index (χ4v) is 2.25. The van der Waals surface area contributed by atoms with Crippen LogP contribution in [0.3, 0.4) is 0 Å². The first-order chi connectivity index (χ1) is 8.76. The van der Waals surface area contributed by atoms with Crippen LogP contribution in [0.1, 0.15) is 60.3 Å². The number of nitrogens with one attached hydrogen (secondary N) is 1. The normalized spacial score (nSPS) is 19.3. The molecule has 0 atom stereocenters. The molecular formula is C15H30N2O2. The molecule has 19 heavy (non-hydrogen) atoms. The number of carbonyl (C=O) groups excluding carboxylic acids is 1. The van der Waals surface area contributed by atoms with E-state index in [2.05, 4.69) is 19.2 Å². The highest BCUT2D eigenvalue weighted by Crippen LogP contribution is 2.23. The van der Waals surface area contributed by atoms with Gasteiger partial charge in [-0.3, -0.25) is 0 Å². The summed E-state index contributed by atoms with van der Waals surface area (Å²) < 4.78 is 5.41. The summed E-state index contributed by atoms with van der Waals surface area (Å²) in [5.74, 6) is 0. The summed E-state index contributed by atoms with van der Waals surface area (Å²) in [7, 11) is 0. The molecule has 4 nitrogen and oxygen atoms in total. The van der Waals surface area contributed by atoms with Gasteiger partial charge < -0.3 is 15.0 Å². The van der Waals surface area contributed by atoms with Crippen LogP contribution in [0, 0.1) is 0 Å². The molecule has 0 saturated carbocycles. The molecule has 1 rings (SSSR count). The van der Waals surface area contributed by atoms with Gasteiger partial charge in [-0.15, -0.1) is 0 Å². The standard InChI is InChI=1S/C15H30N2O2/c1-6-7-10-16-15(5)8-11-17(12-9-15)13(18)19-14(2,3)4/h16H,6-12H2,1-5H3. The van der Waals surface area contributed by atoms with E-state index >= 15 is 0 Å². The third kappa shape index (κ3) is 5.81. The first-order valence-corrected chi connectivity index (χ1v) is 7.49. The van der Waals surface area contributed by atoms with Gasteiger partial charge in [-0.1, -0.05) is 13.3 Å². The second-order valence-electron chi connectivity index (χ2n) is 6.81. The van der Waals surface area contributed by atoms with Crippen molar-refractivity contribution in [3.8, 4) is 0 Å². The zero-order chi connectivity index (χ0) is 14.5. The van der Waals surface area contributed by atoms with E-state index in [1.165, 1.54) is 12.8 Å². The number of hydrogen-bond donors (Lipinski definition) is 1. The van der Waals surface area contributed by atoms with Gasteiger partial charge in [0.15, 0.2) is 0 Å². The fourth-order valence-electron chi connectivity index (χ4n) is 2.25. The van der Waals surface area contributed by atoms with E-state index in [4.69, 9.17) is 4.74 Å².